The van der Waals surface area contributed by atoms with Crippen molar-refractivity contribution in [1.29, 1.82) is 0 Å². The van der Waals surface area contributed by atoms with Gasteiger partial charge in [0.25, 0.3) is 0 Å². The number of nitro groups is 1. The maximum atomic E-state index is 12.8. The highest BCUT2D eigenvalue weighted by Crippen LogP contribution is 2.26. The number of pyridine rings is 1. The van der Waals surface area contributed by atoms with Crippen LogP contribution < -0.4 is 0 Å². The summed E-state index contributed by atoms with van der Waals surface area (Å²) in [5.41, 5.74) is -0.699. The predicted molar refractivity (Wildman–Crippen MR) is 60.9 cm³/mol. The molecule has 0 saturated carbocycles. The second kappa shape index (κ2) is 6.17. The quantitative estimate of drug-likeness (QED) is 0.467. The van der Waals surface area contributed by atoms with E-state index in [0.717, 1.165) is 0 Å². The van der Waals surface area contributed by atoms with Crippen molar-refractivity contribution in [3.8, 4) is 0 Å². The first-order valence-corrected chi connectivity index (χ1v) is 5.45. The molecule has 1 aromatic rings. The molecule has 6 nitrogen and oxygen atoms in total. The molecule has 0 amide bonds. The van der Waals surface area contributed by atoms with Crippen LogP contribution in [0, 0.1) is 17.0 Å². The van der Waals surface area contributed by atoms with Crippen LogP contribution >= 0.6 is 0 Å². The summed E-state index contributed by atoms with van der Waals surface area (Å²) in [4.78, 5) is 24.4. The van der Waals surface area contributed by atoms with Gasteiger partial charge in [0.05, 0.1) is 13.0 Å². The summed E-state index contributed by atoms with van der Waals surface area (Å²) in [7, 11) is 0. The van der Waals surface area contributed by atoms with Crippen molar-refractivity contribution in [2.75, 3.05) is 6.61 Å². The molecule has 1 heterocycles. The zero-order valence-electron chi connectivity index (χ0n) is 10.4. The van der Waals surface area contributed by atoms with Gasteiger partial charge in [0, 0.05) is 11.1 Å². The minimum absolute atomic E-state index is 0.0587. The molecule has 0 saturated heterocycles. The number of esters is 1. The first kappa shape index (κ1) is 14.9. The van der Waals surface area contributed by atoms with Gasteiger partial charge >= 0.3 is 18.2 Å². The average molecular weight is 274 g/mol. The topological polar surface area (TPSA) is 82.3 Å². The minimum Gasteiger partial charge on any atom is -0.466 e. The normalized spacial score (nSPS) is 10.6. The van der Waals surface area contributed by atoms with Crippen molar-refractivity contribution in [2.24, 2.45) is 0 Å². The Balaban J connectivity index is 3.19. The van der Waals surface area contributed by atoms with Gasteiger partial charge in [-0.05, 0) is 29.8 Å². The molecule has 0 aliphatic heterocycles. The molecule has 0 bridgehead atoms. The van der Waals surface area contributed by atoms with Crippen molar-refractivity contribution < 1.29 is 23.2 Å². The summed E-state index contributed by atoms with van der Waals surface area (Å²) < 4.78 is 30.3. The molecule has 104 valence electrons. The zero-order chi connectivity index (χ0) is 14.6. The molecule has 0 N–H and O–H groups in total. The molecular weight excluding hydrogens is 262 g/mol. The lowest BCUT2D eigenvalue weighted by atomic mass is 10.1. The maximum absolute atomic E-state index is 12.8. The van der Waals surface area contributed by atoms with Gasteiger partial charge in [-0.1, -0.05) is 0 Å². The Morgan fingerprint density at radius 3 is 2.68 bits per heavy atom. The molecule has 8 heteroatoms. The Hall–Kier alpha value is -2.12. The van der Waals surface area contributed by atoms with Crippen LogP contribution in [0.15, 0.2) is 6.07 Å². The number of alkyl halides is 2. The third kappa shape index (κ3) is 3.67. The molecule has 0 aromatic carbocycles. The molecule has 0 aliphatic rings. The Labute approximate surface area is 107 Å². The lowest BCUT2D eigenvalue weighted by Gasteiger charge is -2.06. The lowest BCUT2D eigenvalue weighted by molar-refractivity contribution is -0.390. The van der Waals surface area contributed by atoms with Gasteiger partial charge in [-0.3, -0.25) is 4.79 Å². The molecule has 0 spiro atoms. The van der Waals surface area contributed by atoms with Crippen LogP contribution in [0.4, 0.5) is 14.6 Å². The summed E-state index contributed by atoms with van der Waals surface area (Å²) in [5.74, 6) is -1.32. The van der Waals surface area contributed by atoms with E-state index in [9.17, 15) is 23.7 Å². The molecule has 1 rings (SSSR count). The summed E-state index contributed by atoms with van der Waals surface area (Å²) in [6.45, 7) is 3.09. The third-order valence-electron chi connectivity index (χ3n) is 2.32. The molecule has 0 aliphatic carbocycles. The molecule has 0 atom stereocenters. The smallest absolute Gasteiger partial charge is 0.366 e. The van der Waals surface area contributed by atoms with Crippen LogP contribution in [0.1, 0.15) is 30.2 Å². The summed E-state index contributed by atoms with van der Waals surface area (Å²) >= 11 is 0. The van der Waals surface area contributed by atoms with Crippen molar-refractivity contribution >= 4 is 11.8 Å². The van der Waals surface area contributed by atoms with Gasteiger partial charge in [-0.25, -0.2) is 8.78 Å². The third-order valence-corrected chi connectivity index (χ3v) is 2.32. The number of carbonyl (C=O) groups is 1. The number of rotatable bonds is 5. The van der Waals surface area contributed by atoms with Crippen molar-refractivity contribution in [1.82, 2.24) is 4.98 Å². The minimum atomic E-state index is -3.00. The number of aryl methyl sites for hydroxylation is 1. The number of nitrogens with zero attached hydrogens (tertiary/aromatic N) is 2. The Morgan fingerprint density at radius 1 is 1.58 bits per heavy atom. The number of aromatic nitrogens is 1. The number of hydrogen-bond acceptors (Lipinski definition) is 5. The standard InChI is InChI=1S/C11H12F2N2O4/c1-3-19-8(16)5-7-4-6(2)11(15(17)18)14-9(7)10(12)13/h4,10H,3,5H2,1-2H3. The van der Waals surface area contributed by atoms with Crippen LogP contribution in [-0.4, -0.2) is 22.5 Å². The highest BCUT2D eigenvalue weighted by Gasteiger charge is 2.27. The van der Waals surface area contributed by atoms with E-state index in [0.29, 0.717) is 0 Å². The lowest BCUT2D eigenvalue weighted by Crippen LogP contribution is -2.12. The Bertz CT molecular complexity index is 506. The summed E-state index contributed by atoms with van der Waals surface area (Å²) in [6, 6.07) is 1.17. The fourth-order valence-corrected chi connectivity index (χ4v) is 1.56. The number of hydrogen-bond donors (Lipinski definition) is 0. The predicted octanol–water partition coefficient (Wildman–Crippen LogP) is 2.34. The van der Waals surface area contributed by atoms with Gasteiger partial charge in [0.15, 0.2) is 0 Å². The molecule has 0 unspecified atom stereocenters. The first-order chi connectivity index (χ1) is 8.86. The fraction of sp³-hybridized carbons (Fsp3) is 0.455. The average Bonchev–Trinajstić information content (AvgIpc) is 2.28. The van der Waals surface area contributed by atoms with E-state index in [1.54, 1.807) is 6.92 Å². The summed E-state index contributed by atoms with van der Waals surface area (Å²) in [6.07, 6.45) is -3.39. The van der Waals surface area contributed by atoms with Crippen LogP contribution in [0.3, 0.4) is 0 Å². The number of carbonyl (C=O) groups excluding carboxylic acids is 1. The van der Waals surface area contributed by atoms with E-state index in [2.05, 4.69) is 9.72 Å². The molecule has 19 heavy (non-hydrogen) atoms. The van der Waals surface area contributed by atoms with Gasteiger partial charge in [0.1, 0.15) is 0 Å². The van der Waals surface area contributed by atoms with Crippen molar-refractivity contribution in [2.45, 2.75) is 26.7 Å². The van der Waals surface area contributed by atoms with Crippen LogP contribution in [0.5, 0.6) is 0 Å². The molecule has 0 radical (unpaired) electrons. The van der Waals surface area contributed by atoms with E-state index in [4.69, 9.17) is 0 Å². The van der Waals surface area contributed by atoms with E-state index in [1.165, 1.54) is 13.0 Å². The number of halogens is 2. The van der Waals surface area contributed by atoms with E-state index in [1.807, 2.05) is 0 Å². The van der Waals surface area contributed by atoms with Crippen molar-refractivity contribution in [3.05, 3.63) is 33.0 Å². The van der Waals surface area contributed by atoms with Crippen LogP contribution in [0.25, 0.3) is 0 Å². The van der Waals surface area contributed by atoms with Gasteiger partial charge in [-0.15, -0.1) is 0 Å². The Morgan fingerprint density at radius 2 is 2.21 bits per heavy atom. The van der Waals surface area contributed by atoms with E-state index in [-0.39, 0.29) is 24.2 Å². The highest BCUT2D eigenvalue weighted by molar-refractivity contribution is 5.73. The maximum Gasteiger partial charge on any atom is 0.366 e. The highest BCUT2D eigenvalue weighted by atomic mass is 19.3. The second-order valence-electron chi connectivity index (χ2n) is 3.71. The van der Waals surface area contributed by atoms with Crippen LogP contribution in [0.2, 0.25) is 0 Å². The monoisotopic (exact) mass is 274 g/mol. The number of ether oxygens (including phenoxy) is 1. The van der Waals surface area contributed by atoms with Gasteiger partial charge in [0.2, 0.25) is 5.69 Å². The first-order valence-electron chi connectivity index (χ1n) is 5.45. The Kier molecular flexibility index (Phi) is 4.85. The molecular formula is C11H12F2N2O4. The molecule has 1 aromatic heterocycles. The fourth-order valence-electron chi connectivity index (χ4n) is 1.56. The SMILES string of the molecule is CCOC(=O)Cc1cc(C)c([N+](=O)[O-])nc1C(F)F. The largest absolute Gasteiger partial charge is 0.466 e. The van der Waals surface area contributed by atoms with E-state index < -0.39 is 28.8 Å². The van der Waals surface area contributed by atoms with Crippen molar-refractivity contribution in [3.63, 3.8) is 0 Å². The molecule has 0 fully saturated rings. The van der Waals surface area contributed by atoms with Crippen LogP contribution in [-0.2, 0) is 16.0 Å². The van der Waals surface area contributed by atoms with Gasteiger partial charge < -0.3 is 14.9 Å². The zero-order valence-corrected chi connectivity index (χ0v) is 10.4. The van der Waals surface area contributed by atoms with E-state index >= 15 is 0 Å². The van der Waals surface area contributed by atoms with Gasteiger partial charge in [-0.2, -0.15) is 0 Å². The summed E-state index contributed by atoms with van der Waals surface area (Å²) in [5, 5.41) is 10.6. The second-order valence-corrected chi connectivity index (χ2v) is 3.71.